The normalized spacial score (nSPS) is 12.4. The molecule has 1 unspecified atom stereocenters. The van der Waals surface area contributed by atoms with Gasteiger partial charge in [-0.1, -0.05) is 36.8 Å². The minimum absolute atomic E-state index is 0.200. The first-order valence-corrected chi connectivity index (χ1v) is 7.30. The van der Waals surface area contributed by atoms with Crippen LogP contribution in [-0.2, 0) is 6.42 Å². The Balaban J connectivity index is 2.23. The van der Waals surface area contributed by atoms with Crippen molar-refractivity contribution in [3.63, 3.8) is 0 Å². The predicted molar refractivity (Wildman–Crippen MR) is 82.5 cm³/mol. The van der Waals surface area contributed by atoms with Gasteiger partial charge in [0.05, 0.1) is 0 Å². The second kappa shape index (κ2) is 7.32. The Labute approximate surface area is 125 Å². The monoisotopic (exact) mass is 289 g/mol. The second-order valence-electron chi connectivity index (χ2n) is 5.40. The molecule has 112 valence electrons. The molecule has 3 heteroatoms. The highest BCUT2D eigenvalue weighted by molar-refractivity contribution is 5.28. The van der Waals surface area contributed by atoms with Crippen LogP contribution in [0.1, 0.15) is 29.5 Å². The van der Waals surface area contributed by atoms with Crippen molar-refractivity contribution in [3.8, 4) is 0 Å². The molecule has 0 spiro atoms. The third-order valence-electron chi connectivity index (χ3n) is 3.56. The van der Waals surface area contributed by atoms with Gasteiger partial charge in [-0.15, -0.1) is 0 Å². The van der Waals surface area contributed by atoms with Gasteiger partial charge in [0.15, 0.2) is 0 Å². The van der Waals surface area contributed by atoms with Crippen LogP contribution in [0.2, 0.25) is 0 Å². The lowest BCUT2D eigenvalue weighted by Gasteiger charge is -2.18. The molecule has 21 heavy (non-hydrogen) atoms. The summed E-state index contributed by atoms with van der Waals surface area (Å²) in [6.45, 7) is 5.77. The van der Waals surface area contributed by atoms with E-state index >= 15 is 0 Å². The van der Waals surface area contributed by atoms with E-state index in [-0.39, 0.29) is 5.92 Å². The fraction of sp³-hybridized carbons (Fsp3) is 0.333. The van der Waals surface area contributed by atoms with Gasteiger partial charge in [0, 0.05) is 18.5 Å². The van der Waals surface area contributed by atoms with Crippen LogP contribution in [0.15, 0.2) is 42.5 Å². The fourth-order valence-corrected chi connectivity index (χ4v) is 2.56. The molecule has 0 aliphatic rings. The largest absolute Gasteiger partial charge is 0.316 e. The summed E-state index contributed by atoms with van der Waals surface area (Å²) < 4.78 is 26.7. The summed E-state index contributed by atoms with van der Waals surface area (Å²) in [5.74, 6) is -0.834. The van der Waals surface area contributed by atoms with E-state index in [0.29, 0.717) is 12.0 Å². The van der Waals surface area contributed by atoms with E-state index in [2.05, 4.69) is 37.4 Å². The molecule has 0 bridgehead atoms. The van der Waals surface area contributed by atoms with Gasteiger partial charge in [0.1, 0.15) is 11.6 Å². The van der Waals surface area contributed by atoms with Crippen molar-refractivity contribution in [3.05, 3.63) is 70.8 Å². The van der Waals surface area contributed by atoms with E-state index in [4.69, 9.17) is 0 Å². The molecule has 1 nitrogen and oxygen atoms in total. The van der Waals surface area contributed by atoms with Crippen molar-refractivity contribution in [2.24, 2.45) is 0 Å². The van der Waals surface area contributed by atoms with E-state index < -0.39 is 11.6 Å². The molecule has 2 aromatic rings. The van der Waals surface area contributed by atoms with Crippen LogP contribution in [0.4, 0.5) is 8.78 Å². The van der Waals surface area contributed by atoms with Crippen LogP contribution in [0.25, 0.3) is 0 Å². The maximum Gasteiger partial charge on any atom is 0.126 e. The maximum atomic E-state index is 13.3. The Morgan fingerprint density at radius 1 is 1.05 bits per heavy atom. The molecule has 0 aliphatic heterocycles. The predicted octanol–water partition coefficient (Wildman–Crippen LogP) is 4.21. The van der Waals surface area contributed by atoms with Crippen molar-refractivity contribution in [2.75, 3.05) is 13.1 Å². The fourth-order valence-electron chi connectivity index (χ4n) is 2.56. The number of benzene rings is 2. The smallest absolute Gasteiger partial charge is 0.126 e. The van der Waals surface area contributed by atoms with Crippen molar-refractivity contribution in [2.45, 2.75) is 26.2 Å². The molecule has 0 fully saturated rings. The second-order valence-corrected chi connectivity index (χ2v) is 5.40. The summed E-state index contributed by atoms with van der Waals surface area (Å²) in [4.78, 5) is 0. The van der Waals surface area contributed by atoms with Gasteiger partial charge in [0.2, 0.25) is 0 Å². The Kier molecular flexibility index (Phi) is 5.45. The summed E-state index contributed by atoms with van der Waals surface area (Å²) in [5, 5.41) is 3.33. The van der Waals surface area contributed by atoms with E-state index in [1.165, 1.54) is 23.3 Å². The van der Waals surface area contributed by atoms with Crippen LogP contribution in [-0.4, -0.2) is 13.1 Å². The highest BCUT2D eigenvalue weighted by Crippen LogP contribution is 2.22. The molecule has 0 heterocycles. The number of hydrogen-bond acceptors (Lipinski definition) is 1. The van der Waals surface area contributed by atoms with E-state index in [1.54, 1.807) is 0 Å². The number of hydrogen-bond donors (Lipinski definition) is 1. The van der Waals surface area contributed by atoms with Gasteiger partial charge < -0.3 is 5.32 Å². The molecule has 0 amide bonds. The molecule has 2 aromatic carbocycles. The topological polar surface area (TPSA) is 12.0 Å². The maximum absolute atomic E-state index is 13.3. The molecule has 0 radical (unpaired) electrons. The van der Waals surface area contributed by atoms with Gasteiger partial charge >= 0.3 is 0 Å². The molecular formula is C18H21F2N. The zero-order chi connectivity index (χ0) is 15.2. The van der Waals surface area contributed by atoms with Gasteiger partial charge in [-0.25, -0.2) is 8.78 Å². The van der Waals surface area contributed by atoms with Crippen molar-refractivity contribution in [1.29, 1.82) is 0 Å². The van der Waals surface area contributed by atoms with Gasteiger partial charge in [0.25, 0.3) is 0 Å². The van der Waals surface area contributed by atoms with E-state index in [0.717, 1.165) is 19.2 Å². The van der Waals surface area contributed by atoms with Gasteiger partial charge in [-0.05, 0) is 43.1 Å². The van der Waals surface area contributed by atoms with Crippen LogP contribution < -0.4 is 5.32 Å². The number of likely N-dealkylation sites (N-methyl/N-ethyl adjacent to an activating group) is 1. The summed E-state index contributed by atoms with van der Waals surface area (Å²) in [6.07, 6.45) is 0.616. The lowest BCUT2D eigenvalue weighted by atomic mass is 9.91. The third-order valence-corrected chi connectivity index (χ3v) is 3.56. The number of aryl methyl sites for hydroxylation is 1. The van der Waals surface area contributed by atoms with Gasteiger partial charge in [-0.3, -0.25) is 0 Å². The molecule has 1 atom stereocenters. The summed E-state index contributed by atoms with van der Waals surface area (Å²) in [7, 11) is 0. The number of rotatable bonds is 6. The number of nitrogens with one attached hydrogen (secondary N) is 1. The Morgan fingerprint density at radius 2 is 1.76 bits per heavy atom. The van der Waals surface area contributed by atoms with Crippen LogP contribution in [0.5, 0.6) is 0 Å². The Bertz CT molecular complexity index is 575. The highest BCUT2D eigenvalue weighted by atomic mass is 19.1. The highest BCUT2D eigenvalue weighted by Gasteiger charge is 2.13. The molecule has 1 N–H and O–H groups in total. The SMILES string of the molecule is CCNCC(Cc1cc(F)cc(F)c1)c1cccc(C)c1. The van der Waals surface area contributed by atoms with Crippen LogP contribution >= 0.6 is 0 Å². The van der Waals surface area contributed by atoms with Crippen molar-refractivity contribution in [1.82, 2.24) is 5.32 Å². The molecule has 0 saturated heterocycles. The lowest BCUT2D eigenvalue weighted by Crippen LogP contribution is -2.22. The van der Waals surface area contributed by atoms with Crippen molar-refractivity contribution < 1.29 is 8.78 Å². The average molecular weight is 289 g/mol. The first kappa shape index (κ1) is 15.6. The quantitative estimate of drug-likeness (QED) is 0.840. The van der Waals surface area contributed by atoms with Crippen LogP contribution in [0.3, 0.4) is 0 Å². The molecule has 0 saturated carbocycles. The first-order valence-electron chi connectivity index (χ1n) is 7.30. The summed E-state index contributed by atoms with van der Waals surface area (Å²) in [6, 6.07) is 12.0. The third kappa shape index (κ3) is 4.64. The number of halogens is 2. The van der Waals surface area contributed by atoms with Gasteiger partial charge in [-0.2, -0.15) is 0 Å². The standard InChI is InChI=1S/C18H21F2N/c1-3-21-12-16(15-6-4-5-13(2)7-15)8-14-9-17(19)11-18(20)10-14/h4-7,9-11,16,21H,3,8,12H2,1-2H3. The summed E-state index contributed by atoms with van der Waals surface area (Å²) >= 11 is 0. The molecule has 2 rings (SSSR count). The lowest BCUT2D eigenvalue weighted by molar-refractivity contribution is 0.566. The van der Waals surface area contributed by atoms with E-state index in [9.17, 15) is 8.78 Å². The van der Waals surface area contributed by atoms with E-state index in [1.807, 2.05) is 6.07 Å². The minimum atomic E-state index is -0.517. The minimum Gasteiger partial charge on any atom is -0.316 e. The molecular weight excluding hydrogens is 268 g/mol. The zero-order valence-corrected chi connectivity index (χ0v) is 12.5. The van der Waals surface area contributed by atoms with Crippen LogP contribution in [0, 0.1) is 18.6 Å². The zero-order valence-electron chi connectivity index (χ0n) is 12.5. The summed E-state index contributed by atoms with van der Waals surface area (Å²) in [5.41, 5.74) is 3.08. The molecule has 0 aromatic heterocycles. The Morgan fingerprint density at radius 3 is 2.38 bits per heavy atom. The first-order chi connectivity index (χ1) is 10.1. The van der Waals surface area contributed by atoms with Crippen molar-refractivity contribution >= 4 is 0 Å². The average Bonchev–Trinajstić information content (AvgIpc) is 2.42. The Hall–Kier alpha value is -1.74. The molecule has 0 aliphatic carbocycles.